The number of ether oxygens (including phenoxy) is 1. The van der Waals surface area contributed by atoms with Crippen LogP contribution in [-0.2, 0) is 0 Å². The molecule has 2 N–H and O–H groups in total. The van der Waals surface area contributed by atoms with Crippen LogP contribution in [-0.4, -0.2) is 37.6 Å². The van der Waals surface area contributed by atoms with Gasteiger partial charge in [0.25, 0.3) is 0 Å². The normalized spacial score (nSPS) is 13.4. The molecule has 0 unspecified atom stereocenters. The Morgan fingerprint density at radius 1 is 1.24 bits per heavy atom. The summed E-state index contributed by atoms with van der Waals surface area (Å²) in [5.74, 6) is 1.53. The molecule has 0 atom stereocenters. The molecule has 0 radical (unpaired) electrons. The van der Waals surface area contributed by atoms with Crippen molar-refractivity contribution in [3.8, 4) is 22.9 Å². The molecule has 0 spiro atoms. The van der Waals surface area contributed by atoms with Gasteiger partial charge in [-0.1, -0.05) is 24.3 Å². The van der Waals surface area contributed by atoms with E-state index in [0.29, 0.717) is 47.5 Å². The highest BCUT2D eigenvalue weighted by molar-refractivity contribution is 5.98. The molecule has 188 valence electrons. The van der Waals surface area contributed by atoms with Gasteiger partial charge in [-0.3, -0.25) is 4.79 Å². The van der Waals surface area contributed by atoms with Gasteiger partial charge in [-0.05, 0) is 63.3 Å². The van der Waals surface area contributed by atoms with Crippen LogP contribution in [0.2, 0.25) is 0 Å². The summed E-state index contributed by atoms with van der Waals surface area (Å²) in [6.07, 6.45) is 4.64. The van der Waals surface area contributed by atoms with E-state index in [2.05, 4.69) is 20.2 Å². The minimum atomic E-state index is -0.944. The highest BCUT2D eigenvalue weighted by Crippen LogP contribution is 2.35. The van der Waals surface area contributed by atoms with E-state index >= 15 is 0 Å². The van der Waals surface area contributed by atoms with Gasteiger partial charge in [0.2, 0.25) is 5.88 Å². The summed E-state index contributed by atoms with van der Waals surface area (Å²) in [5.41, 5.74) is 4.04. The second-order valence-electron chi connectivity index (χ2n) is 10.3. The molecule has 2 aromatic heterocycles. The van der Waals surface area contributed by atoms with E-state index in [1.165, 1.54) is 0 Å². The van der Waals surface area contributed by atoms with E-state index in [1.54, 1.807) is 54.9 Å². The SMILES string of the molecule is [C-]#[N+]c1cccc(Oc2cc(NCC(C)(C)O)c3ncc(-c4ccc(C(=O)CC5CC5)c(C)c4)n3n2)c1. The minimum Gasteiger partial charge on any atom is -0.439 e. The zero-order valence-corrected chi connectivity index (χ0v) is 21.2. The van der Waals surface area contributed by atoms with Crippen molar-refractivity contribution in [2.45, 2.75) is 45.6 Å². The number of fused-ring (bicyclic) bond motifs is 1. The minimum absolute atomic E-state index is 0.193. The fraction of sp³-hybridized carbons (Fsp3) is 0.310. The number of hydrogen-bond donors (Lipinski definition) is 2. The van der Waals surface area contributed by atoms with Gasteiger partial charge in [-0.2, -0.15) is 0 Å². The third kappa shape index (κ3) is 5.63. The molecule has 5 rings (SSSR count). The molecule has 1 saturated carbocycles. The molecule has 1 aliphatic carbocycles. The molecule has 0 saturated heterocycles. The monoisotopic (exact) mass is 495 g/mol. The summed E-state index contributed by atoms with van der Waals surface area (Å²) in [6, 6.07) is 14.4. The van der Waals surface area contributed by atoms with E-state index in [0.717, 1.165) is 35.2 Å². The van der Waals surface area contributed by atoms with Crippen LogP contribution in [0.1, 0.15) is 49.0 Å². The van der Waals surface area contributed by atoms with Crippen LogP contribution in [0.25, 0.3) is 21.7 Å². The lowest BCUT2D eigenvalue weighted by atomic mass is 9.98. The Morgan fingerprint density at radius 2 is 2.05 bits per heavy atom. The largest absolute Gasteiger partial charge is 0.439 e. The predicted octanol–water partition coefficient (Wildman–Crippen LogP) is 6.21. The number of nitrogens with one attached hydrogen (secondary N) is 1. The van der Waals surface area contributed by atoms with Gasteiger partial charge in [0.05, 0.1) is 29.8 Å². The van der Waals surface area contributed by atoms with Crippen molar-refractivity contribution in [3.63, 3.8) is 0 Å². The number of imidazole rings is 1. The summed E-state index contributed by atoms with van der Waals surface area (Å²) in [6.45, 7) is 12.9. The average Bonchev–Trinajstić information content (AvgIpc) is 3.57. The Labute approximate surface area is 215 Å². The van der Waals surface area contributed by atoms with Crippen LogP contribution < -0.4 is 10.1 Å². The third-order valence-corrected chi connectivity index (χ3v) is 6.32. The second-order valence-corrected chi connectivity index (χ2v) is 10.3. The highest BCUT2D eigenvalue weighted by atomic mass is 16.5. The molecule has 8 nitrogen and oxygen atoms in total. The number of ketones is 1. The van der Waals surface area contributed by atoms with Crippen molar-refractivity contribution in [1.82, 2.24) is 14.6 Å². The number of Topliss-reactive ketones (excluding diaryl/α,β-unsaturated/α-hetero) is 1. The summed E-state index contributed by atoms with van der Waals surface area (Å²) >= 11 is 0. The molecule has 0 aliphatic heterocycles. The van der Waals surface area contributed by atoms with E-state index < -0.39 is 5.60 Å². The molecular weight excluding hydrogens is 466 g/mol. The van der Waals surface area contributed by atoms with E-state index in [-0.39, 0.29) is 5.78 Å². The number of carbonyl (C=O) groups is 1. The van der Waals surface area contributed by atoms with Gasteiger partial charge in [0.15, 0.2) is 17.1 Å². The molecular formula is C29H29N5O3. The number of hydrogen-bond acceptors (Lipinski definition) is 6. The van der Waals surface area contributed by atoms with Crippen molar-refractivity contribution in [2.24, 2.45) is 5.92 Å². The van der Waals surface area contributed by atoms with Crippen molar-refractivity contribution in [3.05, 3.63) is 77.3 Å². The first-order valence-corrected chi connectivity index (χ1v) is 12.3. The molecule has 2 aromatic carbocycles. The van der Waals surface area contributed by atoms with E-state index in [4.69, 9.17) is 11.3 Å². The first-order chi connectivity index (χ1) is 17.7. The van der Waals surface area contributed by atoms with E-state index in [9.17, 15) is 9.90 Å². The van der Waals surface area contributed by atoms with Gasteiger partial charge in [0, 0.05) is 30.2 Å². The van der Waals surface area contributed by atoms with Crippen LogP contribution in [0.3, 0.4) is 0 Å². The lowest BCUT2D eigenvalue weighted by Gasteiger charge is -2.19. The average molecular weight is 496 g/mol. The lowest BCUT2D eigenvalue weighted by molar-refractivity contribution is 0.0943. The summed E-state index contributed by atoms with van der Waals surface area (Å²) in [7, 11) is 0. The number of aryl methyl sites for hydroxylation is 1. The van der Waals surface area contributed by atoms with Crippen LogP contribution in [0, 0.1) is 19.4 Å². The van der Waals surface area contributed by atoms with Gasteiger partial charge >= 0.3 is 0 Å². The van der Waals surface area contributed by atoms with Crippen LogP contribution >= 0.6 is 0 Å². The maximum Gasteiger partial charge on any atom is 0.239 e. The quantitative estimate of drug-likeness (QED) is 0.212. The molecule has 37 heavy (non-hydrogen) atoms. The number of benzene rings is 2. The molecule has 4 aromatic rings. The zero-order chi connectivity index (χ0) is 26.2. The number of aliphatic hydroxyl groups is 1. The second kappa shape index (κ2) is 9.68. The van der Waals surface area contributed by atoms with Crippen molar-refractivity contribution in [1.29, 1.82) is 0 Å². The van der Waals surface area contributed by atoms with E-state index in [1.807, 2.05) is 25.1 Å². The van der Waals surface area contributed by atoms with Gasteiger partial charge in [0.1, 0.15) is 5.75 Å². The maximum absolute atomic E-state index is 12.7. The number of carbonyl (C=O) groups excluding carboxylic acids is 1. The van der Waals surface area contributed by atoms with Gasteiger partial charge in [-0.25, -0.2) is 14.3 Å². The molecule has 1 fully saturated rings. The first kappa shape index (κ1) is 24.5. The Bertz CT molecular complexity index is 1520. The van der Waals surface area contributed by atoms with Crippen molar-refractivity contribution < 1.29 is 14.6 Å². The van der Waals surface area contributed by atoms with Crippen molar-refractivity contribution >= 4 is 22.8 Å². The Hall–Kier alpha value is -4.22. The topological polar surface area (TPSA) is 93.1 Å². The van der Waals surface area contributed by atoms with Crippen LogP contribution in [0.4, 0.5) is 11.4 Å². The molecule has 8 heteroatoms. The number of aromatic nitrogens is 3. The first-order valence-electron chi connectivity index (χ1n) is 12.3. The Kier molecular flexibility index (Phi) is 6.40. The summed E-state index contributed by atoms with van der Waals surface area (Å²) in [4.78, 5) is 20.8. The highest BCUT2D eigenvalue weighted by Gasteiger charge is 2.26. The number of nitrogens with zero attached hydrogens (tertiary/aromatic N) is 4. The Morgan fingerprint density at radius 3 is 2.76 bits per heavy atom. The fourth-order valence-corrected chi connectivity index (χ4v) is 4.20. The Balaban J connectivity index is 1.54. The molecule has 2 heterocycles. The zero-order valence-electron chi connectivity index (χ0n) is 21.2. The predicted molar refractivity (Wildman–Crippen MR) is 142 cm³/mol. The molecule has 1 aliphatic rings. The number of anilines is 1. The lowest BCUT2D eigenvalue weighted by Crippen LogP contribution is -2.29. The summed E-state index contributed by atoms with van der Waals surface area (Å²) in [5, 5.41) is 18.2. The third-order valence-electron chi connectivity index (χ3n) is 6.32. The van der Waals surface area contributed by atoms with Crippen LogP contribution in [0.5, 0.6) is 11.6 Å². The summed E-state index contributed by atoms with van der Waals surface area (Å²) < 4.78 is 7.72. The maximum atomic E-state index is 12.7. The fourth-order valence-electron chi connectivity index (χ4n) is 4.20. The molecule has 0 bridgehead atoms. The molecule has 0 amide bonds. The standard InChI is InChI=1S/C29H29N5O3/c1-18-12-20(10-11-23(18)26(35)13-19-8-9-19)25-16-31-28-24(32-17-29(2,3)36)15-27(33-34(25)28)37-22-7-5-6-21(14-22)30-4/h5-7,10-12,14-16,19,32,36H,8-9,13,17H2,1-3H3. The van der Waals surface area contributed by atoms with Crippen LogP contribution in [0.15, 0.2) is 54.7 Å². The van der Waals surface area contributed by atoms with Gasteiger partial charge in [-0.15, -0.1) is 5.10 Å². The van der Waals surface area contributed by atoms with Crippen molar-refractivity contribution in [2.75, 3.05) is 11.9 Å². The van der Waals surface area contributed by atoms with Gasteiger partial charge < -0.3 is 15.2 Å². The smallest absolute Gasteiger partial charge is 0.239 e. The number of rotatable bonds is 9.